The molecule has 2 heterocycles. The molecule has 34 heavy (non-hydrogen) atoms. The van der Waals surface area contributed by atoms with Crippen molar-refractivity contribution in [2.45, 2.75) is 16.5 Å². The van der Waals surface area contributed by atoms with E-state index in [4.69, 9.17) is 37.1 Å². The Hall–Kier alpha value is -3.20. The van der Waals surface area contributed by atoms with Gasteiger partial charge in [0.2, 0.25) is 26.6 Å². The van der Waals surface area contributed by atoms with E-state index in [9.17, 15) is 8.42 Å². The first kappa shape index (κ1) is 22.6. The third kappa shape index (κ3) is 4.44. The van der Waals surface area contributed by atoms with Gasteiger partial charge in [-0.15, -0.1) is 0 Å². The second kappa shape index (κ2) is 9.21. The molecule has 1 aliphatic rings. The van der Waals surface area contributed by atoms with Gasteiger partial charge in [-0.3, -0.25) is 0 Å². The van der Waals surface area contributed by atoms with E-state index in [2.05, 4.69) is 10.3 Å². The zero-order valence-electron chi connectivity index (χ0n) is 17.6. The van der Waals surface area contributed by atoms with E-state index in [1.54, 1.807) is 36.4 Å². The first-order chi connectivity index (χ1) is 16.4. The number of fused-ring (bicyclic) bond motifs is 1. The normalized spacial score (nSPS) is 13.0. The Kier molecular flexibility index (Phi) is 6.12. The van der Waals surface area contributed by atoms with Crippen molar-refractivity contribution in [3.63, 3.8) is 0 Å². The highest BCUT2D eigenvalue weighted by atomic mass is 35.5. The van der Waals surface area contributed by atoms with Crippen molar-refractivity contribution in [1.82, 2.24) is 4.98 Å². The van der Waals surface area contributed by atoms with E-state index in [-0.39, 0.29) is 28.2 Å². The number of sulfone groups is 1. The number of aromatic nitrogens is 1. The molecule has 0 atom stereocenters. The summed E-state index contributed by atoms with van der Waals surface area (Å²) in [7, 11) is -4.08. The SMILES string of the molecule is O=S(=O)(c1ccc2c(c1)OCCO2)c1nc(-c2cccc(Cl)c2)oc1NCc1ccccc1Cl. The van der Waals surface area contributed by atoms with Crippen LogP contribution in [0.5, 0.6) is 11.5 Å². The van der Waals surface area contributed by atoms with Gasteiger partial charge in [0.1, 0.15) is 13.2 Å². The van der Waals surface area contributed by atoms with Gasteiger partial charge in [-0.05, 0) is 42.0 Å². The Morgan fingerprint density at radius 2 is 1.71 bits per heavy atom. The van der Waals surface area contributed by atoms with Gasteiger partial charge in [0.25, 0.3) is 0 Å². The Labute approximate surface area is 206 Å². The summed E-state index contributed by atoms with van der Waals surface area (Å²) in [6.45, 7) is 0.971. The maximum atomic E-state index is 13.6. The molecule has 1 aromatic heterocycles. The maximum Gasteiger partial charge on any atom is 0.234 e. The molecule has 0 saturated heterocycles. The quantitative estimate of drug-likeness (QED) is 0.342. The fourth-order valence-corrected chi connectivity index (χ4v) is 5.15. The van der Waals surface area contributed by atoms with Crippen molar-refractivity contribution in [1.29, 1.82) is 0 Å². The van der Waals surface area contributed by atoms with Gasteiger partial charge in [-0.25, -0.2) is 8.42 Å². The molecule has 1 N–H and O–H groups in total. The van der Waals surface area contributed by atoms with E-state index in [1.165, 1.54) is 12.1 Å². The van der Waals surface area contributed by atoms with E-state index < -0.39 is 9.84 Å². The van der Waals surface area contributed by atoms with E-state index >= 15 is 0 Å². The molecule has 0 radical (unpaired) electrons. The first-order valence-corrected chi connectivity index (χ1v) is 12.5. The molecule has 174 valence electrons. The molecule has 0 bridgehead atoms. The maximum absolute atomic E-state index is 13.6. The molecular weight excluding hydrogens is 499 g/mol. The molecule has 7 nitrogen and oxygen atoms in total. The van der Waals surface area contributed by atoms with Crippen molar-refractivity contribution >= 4 is 38.9 Å². The van der Waals surface area contributed by atoms with Gasteiger partial charge in [-0.1, -0.05) is 47.5 Å². The average Bonchev–Trinajstić information content (AvgIpc) is 3.28. The number of halogens is 2. The van der Waals surface area contributed by atoms with Crippen LogP contribution in [0.3, 0.4) is 0 Å². The number of nitrogens with zero attached hydrogens (tertiary/aromatic N) is 1. The highest BCUT2D eigenvalue weighted by molar-refractivity contribution is 7.91. The predicted molar refractivity (Wildman–Crippen MR) is 129 cm³/mol. The second-order valence-electron chi connectivity index (χ2n) is 7.42. The number of anilines is 1. The fourth-order valence-electron chi connectivity index (χ4n) is 3.46. The summed E-state index contributed by atoms with van der Waals surface area (Å²) in [4.78, 5) is 4.34. The number of hydrogen-bond donors (Lipinski definition) is 1. The summed E-state index contributed by atoms with van der Waals surface area (Å²) < 4.78 is 44.2. The highest BCUT2D eigenvalue weighted by Gasteiger charge is 2.30. The molecule has 5 rings (SSSR count). The van der Waals surface area contributed by atoms with Crippen molar-refractivity contribution in [2.24, 2.45) is 0 Å². The van der Waals surface area contributed by atoms with Crippen molar-refractivity contribution < 1.29 is 22.3 Å². The molecule has 10 heteroatoms. The molecule has 0 fully saturated rings. The number of oxazole rings is 1. The fraction of sp³-hybridized carbons (Fsp3) is 0.125. The third-order valence-electron chi connectivity index (χ3n) is 5.14. The molecular formula is C24H18Cl2N2O5S. The summed E-state index contributed by atoms with van der Waals surface area (Å²) >= 11 is 12.4. The van der Waals surface area contributed by atoms with Crippen molar-refractivity contribution in [3.8, 4) is 23.0 Å². The van der Waals surface area contributed by atoms with Crippen LogP contribution >= 0.6 is 23.2 Å². The Bertz CT molecular complexity index is 1470. The molecule has 3 aromatic carbocycles. The number of hydrogen-bond acceptors (Lipinski definition) is 7. The lowest BCUT2D eigenvalue weighted by Crippen LogP contribution is -2.16. The van der Waals surface area contributed by atoms with Gasteiger partial charge in [0, 0.05) is 28.2 Å². The summed E-state index contributed by atoms with van der Waals surface area (Å²) in [5.41, 5.74) is 1.31. The molecule has 1 aliphatic heterocycles. The largest absolute Gasteiger partial charge is 0.486 e. The van der Waals surface area contributed by atoms with Crippen LogP contribution in [0.4, 0.5) is 5.88 Å². The van der Waals surface area contributed by atoms with E-state index in [0.717, 1.165) is 5.56 Å². The van der Waals surface area contributed by atoms with Crippen LogP contribution in [0.2, 0.25) is 10.0 Å². The number of ether oxygens (including phenoxy) is 2. The summed E-state index contributed by atoms with van der Waals surface area (Å²) in [5.74, 6) is 0.948. The molecule has 0 amide bonds. The summed E-state index contributed by atoms with van der Waals surface area (Å²) in [6, 6.07) is 18.5. The van der Waals surface area contributed by atoms with Gasteiger partial charge < -0.3 is 19.2 Å². The molecule has 0 unspecified atom stereocenters. The second-order valence-corrected chi connectivity index (χ2v) is 10.1. The van der Waals surface area contributed by atoms with Crippen LogP contribution in [0.1, 0.15) is 5.56 Å². The molecule has 0 saturated carbocycles. The number of nitrogens with one attached hydrogen (secondary N) is 1. The average molecular weight is 517 g/mol. The standard InChI is InChI=1S/C24H18Cl2N2O5S/c25-17-6-3-5-15(12-17)22-28-24(23(33-22)27-14-16-4-1-2-7-19(16)26)34(29,30)18-8-9-20-21(13-18)32-11-10-31-20/h1-9,12-13,27H,10-11,14H2. The van der Waals surface area contributed by atoms with Gasteiger partial charge >= 0.3 is 0 Å². The third-order valence-corrected chi connectivity index (χ3v) is 7.41. The highest BCUT2D eigenvalue weighted by Crippen LogP contribution is 2.37. The minimum atomic E-state index is -4.08. The summed E-state index contributed by atoms with van der Waals surface area (Å²) in [6.07, 6.45) is 0. The number of rotatable bonds is 6. The number of benzene rings is 3. The van der Waals surface area contributed by atoms with Crippen molar-refractivity contribution in [2.75, 3.05) is 18.5 Å². The van der Waals surface area contributed by atoms with Crippen LogP contribution in [-0.2, 0) is 16.4 Å². The molecule has 0 aliphatic carbocycles. The minimum Gasteiger partial charge on any atom is -0.486 e. The lowest BCUT2D eigenvalue weighted by Gasteiger charge is -2.18. The van der Waals surface area contributed by atoms with Crippen LogP contribution in [-0.4, -0.2) is 26.6 Å². The van der Waals surface area contributed by atoms with E-state index in [1.807, 2.05) is 18.2 Å². The Morgan fingerprint density at radius 1 is 0.912 bits per heavy atom. The lowest BCUT2D eigenvalue weighted by molar-refractivity contribution is 0.171. The van der Waals surface area contributed by atoms with Crippen LogP contribution in [0.15, 0.2) is 81.1 Å². The summed E-state index contributed by atoms with van der Waals surface area (Å²) in [5, 5.41) is 3.79. The van der Waals surface area contributed by atoms with E-state index in [0.29, 0.717) is 40.3 Å². The van der Waals surface area contributed by atoms with Crippen LogP contribution < -0.4 is 14.8 Å². The zero-order chi connectivity index (χ0) is 23.7. The smallest absolute Gasteiger partial charge is 0.234 e. The minimum absolute atomic E-state index is 0.00323. The molecule has 4 aromatic rings. The Balaban J connectivity index is 1.57. The lowest BCUT2D eigenvalue weighted by atomic mass is 10.2. The molecule has 0 spiro atoms. The Morgan fingerprint density at radius 3 is 2.50 bits per heavy atom. The zero-order valence-corrected chi connectivity index (χ0v) is 20.0. The van der Waals surface area contributed by atoms with Crippen molar-refractivity contribution in [3.05, 3.63) is 82.3 Å². The predicted octanol–water partition coefficient (Wildman–Crippen LogP) is 5.86. The monoisotopic (exact) mass is 516 g/mol. The van der Waals surface area contributed by atoms with Gasteiger partial charge in [0.05, 0.1) is 4.90 Å². The topological polar surface area (TPSA) is 90.7 Å². The van der Waals surface area contributed by atoms with Gasteiger partial charge in [0.15, 0.2) is 11.5 Å². The van der Waals surface area contributed by atoms with Crippen LogP contribution in [0, 0.1) is 0 Å². The first-order valence-electron chi connectivity index (χ1n) is 10.3. The van der Waals surface area contributed by atoms with Crippen LogP contribution in [0.25, 0.3) is 11.5 Å². The van der Waals surface area contributed by atoms with Gasteiger partial charge in [-0.2, -0.15) is 4.98 Å².